The summed E-state index contributed by atoms with van der Waals surface area (Å²) in [5, 5.41) is 2.58. The van der Waals surface area contributed by atoms with Gasteiger partial charge in [-0.3, -0.25) is 19.5 Å². The van der Waals surface area contributed by atoms with Gasteiger partial charge in [0.15, 0.2) is 0 Å². The molecule has 0 bridgehead atoms. The van der Waals surface area contributed by atoms with Crippen LogP contribution in [-0.2, 0) is 13.0 Å². The molecule has 1 aliphatic rings. The highest BCUT2D eigenvalue weighted by Gasteiger charge is 2.30. The lowest BCUT2D eigenvalue weighted by atomic mass is 10.1. The van der Waals surface area contributed by atoms with Gasteiger partial charge >= 0.3 is 0 Å². The van der Waals surface area contributed by atoms with Crippen molar-refractivity contribution in [3.8, 4) is 0 Å². The van der Waals surface area contributed by atoms with Crippen LogP contribution in [0.5, 0.6) is 0 Å². The first-order valence-electron chi connectivity index (χ1n) is 10.1. The first-order chi connectivity index (χ1) is 14.5. The number of aryl methyl sites for hydroxylation is 1. The van der Waals surface area contributed by atoms with Gasteiger partial charge in [-0.05, 0) is 43.3 Å². The summed E-state index contributed by atoms with van der Waals surface area (Å²) in [6.45, 7) is 4.52. The second kappa shape index (κ2) is 8.23. The molecule has 0 spiro atoms. The van der Waals surface area contributed by atoms with E-state index >= 15 is 0 Å². The van der Waals surface area contributed by atoms with Crippen molar-refractivity contribution >= 4 is 22.6 Å². The Kier molecular flexibility index (Phi) is 5.50. The van der Waals surface area contributed by atoms with Crippen molar-refractivity contribution in [3.63, 3.8) is 0 Å². The molecule has 4 heterocycles. The molecule has 3 aromatic rings. The number of rotatable bonds is 6. The average Bonchev–Trinajstić information content (AvgIpc) is 2.72. The summed E-state index contributed by atoms with van der Waals surface area (Å²) >= 11 is 0. The summed E-state index contributed by atoms with van der Waals surface area (Å²) in [5.41, 5.74) is 4.82. The molecule has 30 heavy (non-hydrogen) atoms. The molecular formula is C22H26N6O2. The van der Waals surface area contributed by atoms with Crippen molar-refractivity contribution in [2.75, 3.05) is 32.1 Å². The van der Waals surface area contributed by atoms with E-state index in [0.717, 1.165) is 47.5 Å². The van der Waals surface area contributed by atoms with Crippen LogP contribution in [0, 0.1) is 0 Å². The lowest BCUT2D eigenvalue weighted by Crippen LogP contribution is -2.58. The van der Waals surface area contributed by atoms with Gasteiger partial charge in [-0.15, -0.1) is 0 Å². The van der Waals surface area contributed by atoms with E-state index in [1.165, 1.54) is 0 Å². The number of hydrogen-bond acceptors (Lipinski definition) is 6. The van der Waals surface area contributed by atoms with Gasteiger partial charge in [0, 0.05) is 44.5 Å². The van der Waals surface area contributed by atoms with E-state index in [0.29, 0.717) is 18.2 Å². The number of aromatic nitrogens is 3. The summed E-state index contributed by atoms with van der Waals surface area (Å²) in [5.74, 6) is -0.181. The molecule has 0 radical (unpaired) electrons. The number of aromatic amines is 1. The molecule has 8 nitrogen and oxygen atoms in total. The molecule has 1 amide bonds. The fourth-order valence-corrected chi connectivity index (χ4v) is 3.71. The number of H-pyrrole nitrogens is 1. The number of hydrogen-bond donors (Lipinski definition) is 2. The molecule has 156 valence electrons. The molecule has 8 heteroatoms. The van der Waals surface area contributed by atoms with Crippen LogP contribution in [-0.4, -0.2) is 59.0 Å². The largest absolute Gasteiger partial charge is 0.367 e. The number of nitrogens with zero attached hydrogens (tertiary/aromatic N) is 4. The lowest BCUT2D eigenvalue weighted by Gasteiger charge is -2.45. The summed E-state index contributed by atoms with van der Waals surface area (Å²) in [6.07, 6.45) is 4.32. The fraction of sp³-hybridized carbons (Fsp3) is 0.364. The molecule has 1 fully saturated rings. The van der Waals surface area contributed by atoms with Crippen LogP contribution in [0.25, 0.3) is 11.0 Å². The standard InChI is InChI=1S/C22H26N6O2/c1-4-15-8-19-20(26-21(15)29)7-14(9-24-19)11-27(3)17-12-28(13-17)16-5-6-18(25-10-16)22(30)23-2/h5-10,17H,4,11-13H2,1-3H3,(H,23,30)(H,26,29). The first kappa shape index (κ1) is 20.0. The Morgan fingerprint density at radius 2 is 2.07 bits per heavy atom. The second-order valence-corrected chi connectivity index (χ2v) is 7.71. The predicted octanol–water partition coefficient (Wildman–Crippen LogP) is 1.56. The smallest absolute Gasteiger partial charge is 0.269 e. The first-order valence-corrected chi connectivity index (χ1v) is 10.1. The van der Waals surface area contributed by atoms with E-state index in [-0.39, 0.29) is 11.5 Å². The lowest BCUT2D eigenvalue weighted by molar-refractivity contribution is 0.0958. The van der Waals surface area contributed by atoms with Crippen molar-refractivity contribution in [2.45, 2.75) is 25.9 Å². The van der Waals surface area contributed by atoms with Crippen LogP contribution >= 0.6 is 0 Å². The number of pyridine rings is 3. The number of amides is 1. The summed E-state index contributed by atoms with van der Waals surface area (Å²) < 4.78 is 0. The maximum Gasteiger partial charge on any atom is 0.269 e. The summed E-state index contributed by atoms with van der Waals surface area (Å²) in [7, 11) is 3.70. The van der Waals surface area contributed by atoms with Gasteiger partial charge in [0.05, 0.1) is 22.9 Å². The number of nitrogens with one attached hydrogen (secondary N) is 2. The maximum absolute atomic E-state index is 12.1. The Morgan fingerprint density at radius 3 is 2.73 bits per heavy atom. The van der Waals surface area contributed by atoms with E-state index < -0.39 is 0 Å². The Hall–Kier alpha value is -3.26. The Morgan fingerprint density at radius 1 is 1.27 bits per heavy atom. The number of likely N-dealkylation sites (N-methyl/N-ethyl adjacent to an activating group) is 1. The molecule has 3 aromatic heterocycles. The molecule has 1 aliphatic heterocycles. The zero-order valence-corrected chi connectivity index (χ0v) is 17.5. The van der Waals surface area contributed by atoms with Gasteiger partial charge in [-0.1, -0.05) is 6.92 Å². The zero-order chi connectivity index (χ0) is 21.3. The third-order valence-electron chi connectivity index (χ3n) is 5.70. The van der Waals surface area contributed by atoms with E-state index in [9.17, 15) is 9.59 Å². The van der Waals surface area contributed by atoms with Crippen LogP contribution < -0.4 is 15.8 Å². The van der Waals surface area contributed by atoms with Crippen LogP contribution in [0.2, 0.25) is 0 Å². The molecule has 1 saturated heterocycles. The molecule has 4 rings (SSSR count). The molecule has 0 unspecified atom stereocenters. The highest BCUT2D eigenvalue weighted by atomic mass is 16.1. The Labute approximate surface area is 175 Å². The number of fused-ring (bicyclic) bond motifs is 1. The average molecular weight is 406 g/mol. The molecule has 0 aromatic carbocycles. The van der Waals surface area contributed by atoms with Crippen LogP contribution in [0.15, 0.2) is 41.5 Å². The van der Waals surface area contributed by atoms with Gasteiger partial charge in [0.1, 0.15) is 5.69 Å². The fourth-order valence-electron chi connectivity index (χ4n) is 3.71. The van der Waals surface area contributed by atoms with Crippen LogP contribution in [0.3, 0.4) is 0 Å². The van der Waals surface area contributed by atoms with Gasteiger partial charge in [-0.2, -0.15) is 0 Å². The van der Waals surface area contributed by atoms with E-state index in [1.54, 1.807) is 19.3 Å². The third-order valence-corrected chi connectivity index (χ3v) is 5.70. The monoisotopic (exact) mass is 406 g/mol. The van der Waals surface area contributed by atoms with Crippen molar-refractivity contribution in [1.82, 2.24) is 25.2 Å². The predicted molar refractivity (Wildman–Crippen MR) is 117 cm³/mol. The third kappa shape index (κ3) is 3.91. The number of carbonyl (C=O) groups is 1. The van der Waals surface area contributed by atoms with Crippen molar-refractivity contribution in [2.24, 2.45) is 0 Å². The number of anilines is 1. The van der Waals surface area contributed by atoms with E-state index in [4.69, 9.17) is 0 Å². The molecule has 0 atom stereocenters. The minimum absolute atomic E-state index is 0.0389. The minimum atomic E-state index is -0.181. The highest BCUT2D eigenvalue weighted by molar-refractivity contribution is 5.92. The van der Waals surface area contributed by atoms with Crippen LogP contribution in [0.4, 0.5) is 5.69 Å². The molecular weight excluding hydrogens is 380 g/mol. The van der Waals surface area contributed by atoms with Crippen molar-refractivity contribution in [3.05, 3.63) is 63.8 Å². The van der Waals surface area contributed by atoms with Gasteiger partial charge < -0.3 is 15.2 Å². The normalized spacial score (nSPS) is 14.2. The van der Waals surface area contributed by atoms with Gasteiger partial charge in [0.2, 0.25) is 0 Å². The SMILES string of the molecule is CCc1cc2ncc(CN(C)C3CN(c4ccc(C(=O)NC)nc4)C3)cc2[nH]c1=O. The van der Waals surface area contributed by atoms with E-state index in [1.807, 2.05) is 31.3 Å². The number of carbonyl (C=O) groups excluding carboxylic acids is 1. The topological polar surface area (TPSA) is 94.2 Å². The summed E-state index contributed by atoms with van der Waals surface area (Å²) in [4.78, 5) is 39.9. The minimum Gasteiger partial charge on any atom is -0.367 e. The Bertz CT molecular complexity index is 1120. The maximum atomic E-state index is 12.1. The quantitative estimate of drug-likeness (QED) is 0.645. The zero-order valence-electron chi connectivity index (χ0n) is 17.5. The Balaban J connectivity index is 1.38. The van der Waals surface area contributed by atoms with E-state index in [2.05, 4.69) is 37.1 Å². The van der Waals surface area contributed by atoms with Gasteiger partial charge in [0.25, 0.3) is 11.5 Å². The highest BCUT2D eigenvalue weighted by Crippen LogP contribution is 2.24. The van der Waals surface area contributed by atoms with Crippen molar-refractivity contribution in [1.29, 1.82) is 0 Å². The molecule has 0 aliphatic carbocycles. The summed E-state index contributed by atoms with van der Waals surface area (Å²) in [6, 6.07) is 7.98. The molecule has 0 saturated carbocycles. The van der Waals surface area contributed by atoms with Crippen LogP contribution in [0.1, 0.15) is 28.5 Å². The van der Waals surface area contributed by atoms with Crippen molar-refractivity contribution < 1.29 is 4.79 Å². The second-order valence-electron chi connectivity index (χ2n) is 7.71. The molecule has 2 N–H and O–H groups in total. The van der Waals surface area contributed by atoms with Gasteiger partial charge in [-0.25, -0.2) is 4.98 Å².